The SMILES string of the molecule is CCn1cnc(C2CCCC(=O)C2)c1. The molecule has 1 atom stereocenters. The highest BCUT2D eigenvalue weighted by atomic mass is 16.1. The van der Waals surface area contributed by atoms with Crippen LogP contribution in [0.25, 0.3) is 0 Å². The summed E-state index contributed by atoms with van der Waals surface area (Å²) in [6.45, 7) is 3.05. The Bertz CT molecular complexity index is 330. The van der Waals surface area contributed by atoms with Crippen LogP contribution in [0.1, 0.15) is 44.2 Å². The second kappa shape index (κ2) is 3.95. The molecule has 0 aromatic carbocycles. The predicted molar refractivity (Wildman–Crippen MR) is 54.1 cm³/mol. The molecular weight excluding hydrogens is 176 g/mol. The van der Waals surface area contributed by atoms with E-state index in [2.05, 4.69) is 22.7 Å². The van der Waals surface area contributed by atoms with Gasteiger partial charge in [-0.2, -0.15) is 0 Å². The van der Waals surface area contributed by atoms with Gasteiger partial charge >= 0.3 is 0 Å². The minimum absolute atomic E-state index is 0.379. The zero-order valence-corrected chi connectivity index (χ0v) is 8.57. The molecule has 1 heterocycles. The highest BCUT2D eigenvalue weighted by Gasteiger charge is 2.22. The van der Waals surface area contributed by atoms with Gasteiger partial charge in [-0.05, 0) is 19.8 Å². The molecule has 1 saturated carbocycles. The van der Waals surface area contributed by atoms with E-state index in [-0.39, 0.29) is 0 Å². The van der Waals surface area contributed by atoms with Crippen LogP contribution >= 0.6 is 0 Å². The molecule has 2 rings (SSSR count). The number of aromatic nitrogens is 2. The molecular formula is C11H16N2O. The van der Waals surface area contributed by atoms with Crippen LogP contribution < -0.4 is 0 Å². The maximum atomic E-state index is 11.3. The van der Waals surface area contributed by atoms with Gasteiger partial charge < -0.3 is 4.57 Å². The second-order valence-corrected chi connectivity index (χ2v) is 3.96. The molecule has 1 aromatic rings. The maximum Gasteiger partial charge on any atom is 0.133 e. The summed E-state index contributed by atoms with van der Waals surface area (Å²) in [6.07, 6.45) is 7.54. The standard InChI is InChI=1S/C11H16N2O/c1-2-13-7-11(12-8-13)9-4-3-5-10(14)6-9/h7-9H,2-6H2,1H3. The summed E-state index contributed by atoms with van der Waals surface area (Å²) in [7, 11) is 0. The number of imidazole rings is 1. The molecule has 0 bridgehead atoms. The first-order valence-electron chi connectivity index (χ1n) is 5.33. The van der Waals surface area contributed by atoms with Crippen molar-refractivity contribution in [3.63, 3.8) is 0 Å². The predicted octanol–water partition coefficient (Wildman–Crippen LogP) is 2.13. The van der Waals surface area contributed by atoms with Crippen LogP contribution in [0.2, 0.25) is 0 Å². The molecule has 1 aliphatic carbocycles. The minimum atomic E-state index is 0.379. The van der Waals surface area contributed by atoms with Crippen molar-refractivity contribution in [2.24, 2.45) is 0 Å². The molecule has 14 heavy (non-hydrogen) atoms. The smallest absolute Gasteiger partial charge is 0.133 e. The van der Waals surface area contributed by atoms with Crippen molar-refractivity contribution in [1.29, 1.82) is 0 Å². The molecule has 1 fully saturated rings. The van der Waals surface area contributed by atoms with E-state index < -0.39 is 0 Å². The van der Waals surface area contributed by atoms with E-state index in [1.807, 2.05) is 6.33 Å². The third kappa shape index (κ3) is 1.86. The number of Topliss-reactive ketones (excluding diaryl/α,β-unsaturated/α-hetero) is 1. The summed E-state index contributed by atoms with van der Waals surface area (Å²) in [5.74, 6) is 0.774. The first-order chi connectivity index (χ1) is 6.79. The van der Waals surface area contributed by atoms with Crippen molar-refractivity contribution in [3.8, 4) is 0 Å². The Balaban J connectivity index is 2.09. The monoisotopic (exact) mass is 192 g/mol. The van der Waals surface area contributed by atoms with Crippen LogP contribution in [0.15, 0.2) is 12.5 Å². The third-order valence-corrected chi connectivity index (χ3v) is 2.92. The van der Waals surface area contributed by atoms with Gasteiger partial charge in [0, 0.05) is 31.5 Å². The molecule has 3 nitrogen and oxygen atoms in total. The second-order valence-electron chi connectivity index (χ2n) is 3.96. The van der Waals surface area contributed by atoms with Crippen molar-refractivity contribution >= 4 is 5.78 Å². The van der Waals surface area contributed by atoms with Crippen molar-refractivity contribution in [1.82, 2.24) is 9.55 Å². The van der Waals surface area contributed by atoms with Gasteiger partial charge in [0.15, 0.2) is 0 Å². The van der Waals surface area contributed by atoms with Gasteiger partial charge in [-0.25, -0.2) is 4.98 Å². The number of carbonyl (C=O) groups excluding carboxylic acids is 1. The lowest BCUT2D eigenvalue weighted by Gasteiger charge is -2.18. The number of rotatable bonds is 2. The molecule has 0 saturated heterocycles. The molecule has 0 spiro atoms. The van der Waals surface area contributed by atoms with Crippen molar-refractivity contribution in [2.45, 2.75) is 45.1 Å². The first-order valence-corrected chi connectivity index (χ1v) is 5.33. The summed E-state index contributed by atoms with van der Waals surface area (Å²) in [5, 5.41) is 0. The summed E-state index contributed by atoms with van der Waals surface area (Å²) in [5.41, 5.74) is 1.10. The van der Waals surface area contributed by atoms with E-state index in [4.69, 9.17) is 0 Å². The summed E-state index contributed by atoms with van der Waals surface area (Å²) in [4.78, 5) is 15.6. The number of ketones is 1. The van der Waals surface area contributed by atoms with E-state index >= 15 is 0 Å². The van der Waals surface area contributed by atoms with E-state index in [0.717, 1.165) is 31.5 Å². The number of carbonyl (C=O) groups is 1. The Morgan fingerprint density at radius 3 is 3.14 bits per heavy atom. The molecule has 1 unspecified atom stereocenters. The van der Waals surface area contributed by atoms with Crippen molar-refractivity contribution < 1.29 is 4.79 Å². The normalized spacial score (nSPS) is 22.6. The Morgan fingerprint density at radius 1 is 1.64 bits per heavy atom. The Morgan fingerprint density at radius 2 is 2.50 bits per heavy atom. The van der Waals surface area contributed by atoms with Crippen LogP contribution in [-0.2, 0) is 11.3 Å². The minimum Gasteiger partial charge on any atom is -0.337 e. The third-order valence-electron chi connectivity index (χ3n) is 2.92. The van der Waals surface area contributed by atoms with Crippen molar-refractivity contribution in [2.75, 3.05) is 0 Å². The topological polar surface area (TPSA) is 34.9 Å². The molecule has 76 valence electrons. The molecule has 0 N–H and O–H groups in total. The van der Waals surface area contributed by atoms with Gasteiger partial charge in [-0.3, -0.25) is 4.79 Å². The van der Waals surface area contributed by atoms with Gasteiger partial charge in [0.25, 0.3) is 0 Å². The van der Waals surface area contributed by atoms with Crippen molar-refractivity contribution in [3.05, 3.63) is 18.2 Å². The zero-order valence-electron chi connectivity index (χ0n) is 8.57. The van der Waals surface area contributed by atoms with Crippen LogP contribution in [0.4, 0.5) is 0 Å². The molecule has 0 amide bonds. The number of hydrogen-bond acceptors (Lipinski definition) is 2. The van der Waals surface area contributed by atoms with Gasteiger partial charge in [0.05, 0.1) is 12.0 Å². The summed E-state index contributed by atoms with van der Waals surface area (Å²) in [6, 6.07) is 0. The Hall–Kier alpha value is -1.12. The van der Waals surface area contributed by atoms with Crippen LogP contribution in [0, 0.1) is 0 Å². The number of nitrogens with zero attached hydrogens (tertiary/aromatic N) is 2. The van der Waals surface area contributed by atoms with E-state index in [9.17, 15) is 4.79 Å². The quantitative estimate of drug-likeness (QED) is 0.719. The molecule has 1 aromatic heterocycles. The fraction of sp³-hybridized carbons (Fsp3) is 0.636. The molecule has 0 aliphatic heterocycles. The molecule has 3 heteroatoms. The highest BCUT2D eigenvalue weighted by molar-refractivity contribution is 5.79. The van der Waals surface area contributed by atoms with E-state index in [1.54, 1.807) is 0 Å². The average Bonchev–Trinajstić information content (AvgIpc) is 2.66. The fourth-order valence-corrected chi connectivity index (χ4v) is 2.04. The van der Waals surface area contributed by atoms with Gasteiger partial charge in [0.1, 0.15) is 5.78 Å². The maximum absolute atomic E-state index is 11.3. The largest absolute Gasteiger partial charge is 0.337 e. The lowest BCUT2D eigenvalue weighted by atomic mass is 9.86. The van der Waals surface area contributed by atoms with Gasteiger partial charge in [-0.15, -0.1) is 0 Å². The fourth-order valence-electron chi connectivity index (χ4n) is 2.04. The number of hydrogen-bond donors (Lipinski definition) is 0. The summed E-state index contributed by atoms with van der Waals surface area (Å²) >= 11 is 0. The zero-order chi connectivity index (χ0) is 9.97. The summed E-state index contributed by atoms with van der Waals surface area (Å²) < 4.78 is 2.06. The lowest BCUT2D eigenvalue weighted by Crippen LogP contribution is -2.13. The van der Waals surface area contributed by atoms with E-state index in [1.165, 1.54) is 0 Å². The van der Waals surface area contributed by atoms with Crippen LogP contribution in [-0.4, -0.2) is 15.3 Å². The number of aryl methyl sites for hydroxylation is 1. The highest BCUT2D eigenvalue weighted by Crippen LogP contribution is 2.29. The first kappa shape index (κ1) is 9.44. The van der Waals surface area contributed by atoms with Crippen LogP contribution in [0.3, 0.4) is 0 Å². The Labute approximate surface area is 84.1 Å². The molecule has 0 radical (unpaired) electrons. The van der Waals surface area contributed by atoms with Gasteiger partial charge in [-0.1, -0.05) is 0 Å². The Kier molecular flexibility index (Phi) is 2.66. The van der Waals surface area contributed by atoms with Gasteiger partial charge in [0.2, 0.25) is 0 Å². The van der Waals surface area contributed by atoms with Crippen LogP contribution in [0.5, 0.6) is 0 Å². The lowest BCUT2D eigenvalue weighted by molar-refractivity contribution is -0.120. The average molecular weight is 192 g/mol. The molecule has 1 aliphatic rings. The van der Waals surface area contributed by atoms with E-state index in [0.29, 0.717) is 18.1 Å².